The highest BCUT2D eigenvalue weighted by Gasteiger charge is 2.09. The Bertz CT molecular complexity index is 377. The van der Waals surface area contributed by atoms with Crippen LogP contribution in [0.15, 0.2) is 24.3 Å². The van der Waals surface area contributed by atoms with E-state index in [1.54, 1.807) is 0 Å². The topological polar surface area (TPSA) is 64.3 Å². The van der Waals surface area contributed by atoms with E-state index >= 15 is 0 Å². The summed E-state index contributed by atoms with van der Waals surface area (Å²) in [7, 11) is 0. The second kappa shape index (κ2) is 6.25. The fourth-order valence-electron chi connectivity index (χ4n) is 1.51. The third-order valence-electron chi connectivity index (χ3n) is 2.29. The quantitative estimate of drug-likeness (QED) is 0.816. The Hall–Kier alpha value is -1.55. The molecule has 1 amide bonds. The maximum Gasteiger partial charge on any atom is 0.234 e. The lowest BCUT2D eigenvalue weighted by molar-refractivity contribution is -0.120. The van der Waals surface area contributed by atoms with E-state index in [9.17, 15) is 4.79 Å². The molecule has 1 aromatic carbocycles. The second-order valence-corrected chi connectivity index (χ2v) is 4.23. The molecule has 4 heteroatoms. The minimum absolute atomic E-state index is 0.00647. The smallest absolute Gasteiger partial charge is 0.234 e. The van der Waals surface area contributed by atoms with E-state index in [-0.39, 0.29) is 24.6 Å². The highest BCUT2D eigenvalue weighted by Crippen LogP contribution is 2.19. The van der Waals surface area contributed by atoms with Crippen molar-refractivity contribution in [3.63, 3.8) is 0 Å². The second-order valence-electron chi connectivity index (χ2n) is 4.23. The third kappa shape index (κ3) is 4.44. The zero-order valence-corrected chi connectivity index (χ0v) is 10.6. The van der Waals surface area contributed by atoms with Crippen molar-refractivity contribution < 1.29 is 9.53 Å². The maximum atomic E-state index is 11.2. The number of ether oxygens (including phenoxy) is 1. The number of nitrogens with one attached hydrogen (secondary N) is 1. The van der Waals surface area contributed by atoms with Crippen LogP contribution < -0.4 is 15.8 Å². The molecule has 1 rings (SSSR count). The van der Waals surface area contributed by atoms with Gasteiger partial charge in [0.1, 0.15) is 5.75 Å². The molecule has 4 nitrogen and oxygen atoms in total. The van der Waals surface area contributed by atoms with Gasteiger partial charge in [-0.1, -0.05) is 12.1 Å². The van der Waals surface area contributed by atoms with Crippen molar-refractivity contribution in [1.82, 2.24) is 5.32 Å². The van der Waals surface area contributed by atoms with Gasteiger partial charge >= 0.3 is 0 Å². The van der Waals surface area contributed by atoms with E-state index in [4.69, 9.17) is 10.5 Å². The van der Waals surface area contributed by atoms with Gasteiger partial charge in [-0.3, -0.25) is 4.79 Å². The van der Waals surface area contributed by atoms with Crippen molar-refractivity contribution >= 4 is 5.91 Å². The average molecular weight is 236 g/mol. The molecule has 0 aliphatic heterocycles. The van der Waals surface area contributed by atoms with Gasteiger partial charge in [-0.15, -0.1) is 0 Å². The van der Waals surface area contributed by atoms with E-state index in [1.165, 1.54) is 0 Å². The van der Waals surface area contributed by atoms with Crippen LogP contribution in [0.4, 0.5) is 0 Å². The van der Waals surface area contributed by atoms with Crippen LogP contribution in [0.2, 0.25) is 0 Å². The van der Waals surface area contributed by atoms with Crippen LogP contribution in [-0.2, 0) is 4.79 Å². The van der Waals surface area contributed by atoms with Crippen LogP contribution in [0, 0.1) is 0 Å². The van der Waals surface area contributed by atoms with E-state index in [0.29, 0.717) is 0 Å². The largest absolute Gasteiger partial charge is 0.491 e. The summed E-state index contributed by atoms with van der Waals surface area (Å²) in [5, 5.41) is 2.81. The van der Waals surface area contributed by atoms with Crippen LogP contribution in [0.25, 0.3) is 0 Å². The fourth-order valence-corrected chi connectivity index (χ4v) is 1.51. The predicted octanol–water partition coefficient (Wildman–Crippen LogP) is 1.61. The number of rotatable bonds is 5. The molecule has 1 aromatic rings. The van der Waals surface area contributed by atoms with Crippen LogP contribution in [0.1, 0.15) is 32.4 Å². The zero-order chi connectivity index (χ0) is 12.8. The zero-order valence-electron chi connectivity index (χ0n) is 10.6. The van der Waals surface area contributed by atoms with Gasteiger partial charge < -0.3 is 15.8 Å². The molecule has 0 spiro atoms. The number of hydrogen-bond donors (Lipinski definition) is 2. The first kappa shape index (κ1) is 13.5. The normalized spacial score (nSPS) is 12.3. The summed E-state index contributed by atoms with van der Waals surface area (Å²) in [5.74, 6) is 0.652. The Kier molecular flexibility index (Phi) is 4.97. The van der Waals surface area contributed by atoms with E-state index in [1.807, 2.05) is 45.0 Å². The molecule has 0 aliphatic rings. The van der Waals surface area contributed by atoms with Crippen LogP contribution in [0.5, 0.6) is 5.75 Å². The molecular weight excluding hydrogens is 216 g/mol. The number of hydrogen-bond acceptors (Lipinski definition) is 3. The summed E-state index contributed by atoms with van der Waals surface area (Å²) >= 11 is 0. The Morgan fingerprint density at radius 2 is 2.12 bits per heavy atom. The monoisotopic (exact) mass is 236 g/mol. The first-order valence-corrected chi connectivity index (χ1v) is 5.79. The molecule has 0 saturated carbocycles. The Labute approximate surface area is 102 Å². The summed E-state index contributed by atoms with van der Waals surface area (Å²) in [6.07, 6.45) is 0.138. The molecule has 0 aliphatic carbocycles. The first-order valence-electron chi connectivity index (χ1n) is 5.79. The summed E-state index contributed by atoms with van der Waals surface area (Å²) in [6.45, 7) is 5.88. The first-order chi connectivity index (χ1) is 8.02. The van der Waals surface area contributed by atoms with Crippen LogP contribution in [-0.4, -0.2) is 18.6 Å². The molecule has 0 radical (unpaired) electrons. The van der Waals surface area contributed by atoms with Gasteiger partial charge in [-0.2, -0.15) is 0 Å². The van der Waals surface area contributed by atoms with Crippen molar-refractivity contribution in [3.8, 4) is 5.75 Å². The predicted molar refractivity (Wildman–Crippen MR) is 67.8 cm³/mol. The number of nitrogens with two attached hydrogens (primary N) is 1. The Balaban J connectivity index is 2.73. The molecule has 94 valence electrons. The summed E-state index contributed by atoms with van der Waals surface area (Å²) in [6, 6.07) is 7.64. The van der Waals surface area contributed by atoms with E-state index in [0.717, 1.165) is 11.3 Å². The lowest BCUT2D eigenvalue weighted by atomic mass is 10.1. The van der Waals surface area contributed by atoms with Crippen molar-refractivity contribution in [1.29, 1.82) is 0 Å². The summed E-state index contributed by atoms with van der Waals surface area (Å²) < 4.78 is 5.60. The highest BCUT2D eigenvalue weighted by molar-refractivity contribution is 5.78. The van der Waals surface area contributed by atoms with Gasteiger partial charge in [0, 0.05) is 0 Å². The molecule has 1 atom stereocenters. The van der Waals surface area contributed by atoms with E-state index < -0.39 is 0 Å². The van der Waals surface area contributed by atoms with Gasteiger partial charge in [0.2, 0.25) is 5.91 Å². The summed E-state index contributed by atoms with van der Waals surface area (Å²) in [5.41, 5.74) is 6.26. The van der Waals surface area contributed by atoms with Gasteiger partial charge in [-0.25, -0.2) is 0 Å². The van der Waals surface area contributed by atoms with Gasteiger partial charge in [0.05, 0.1) is 18.7 Å². The van der Waals surface area contributed by atoms with Crippen molar-refractivity contribution in [2.75, 3.05) is 6.54 Å². The summed E-state index contributed by atoms with van der Waals surface area (Å²) in [4.78, 5) is 11.2. The van der Waals surface area contributed by atoms with Gasteiger partial charge in [-0.05, 0) is 38.5 Å². The molecule has 0 heterocycles. The fraction of sp³-hybridized carbons (Fsp3) is 0.462. The molecule has 0 bridgehead atoms. The van der Waals surface area contributed by atoms with Crippen molar-refractivity contribution in [2.45, 2.75) is 32.9 Å². The molecular formula is C13H20N2O2. The standard InChI is InChI=1S/C13H20N2O2/c1-9(2)17-12-6-4-5-11(7-12)10(3)15-13(16)8-14/h4-7,9-10H,8,14H2,1-3H3,(H,15,16). The minimum atomic E-state index is -0.160. The molecule has 0 fully saturated rings. The Morgan fingerprint density at radius 3 is 2.71 bits per heavy atom. The lowest BCUT2D eigenvalue weighted by Crippen LogP contribution is -2.32. The lowest BCUT2D eigenvalue weighted by Gasteiger charge is -2.16. The molecule has 1 unspecified atom stereocenters. The third-order valence-corrected chi connectivity index (χ3v) is 2.29. The van der Waals surface area contributed by atoms with Crippen molar-refractivity contribution in [2.24, 2.45) is 5.73 Å². The van der Waals surface area contributed by atoms with Crippen LogP contribution >= 0.6 is 0 Å². The number of carbonyl (C=O) groups is 1. The van der Waals surface area contributed by atoms with Gasteiger partial charge in [0.15, 0.2) is 0 Å². The van der Waals surface area contributed by atoms with Crippen molar-refractivity contribution in [3.05, 3.63) is 29.8 Å². The van der Waals surface area contributed by atoms with Crippen LogP contribution in [0.3, 0.4) is 0 Å². The number of amides is 1. The van der Waals surface area contributed by atoms with Gasteiger partial charge in [0.25, 0.3) is 0 Å². The molecule has 3 N–H and O–H groups in total. The highest BCUT2D eigenvalue weighted by atomic mass is 16.5. The SMILES string of the molecule is CC(C)Oc1cccc(C(C)NC(=O)CN)c1. The average Bonchev–Trinajstić information content (AvgIpc) is 2.28. The number of carbonyl (C=O) groups excluding carboxylic acids is 1. The maximum absolute atomic E-state index is 11.2. The number of benzene rings is 1. The minimum Gasteiger partial charge on any atom is -0.491 e. The Morgan fingerprint density at radius 1 is 1.41 bits per heavy atom. The molecule has 17 heavy (non-hydrogen) atoms. The molecule has 0 saturated heterocycles. The van der Waals surface area contributed by atoms with E-state index in [2.05, 4.69) is 5.32 Å². The molecule has 0 aromatic heterocycles.